The predicted octanol–water partition coefficient (Wildman–Crippen LogP) is 2.35. The van der Waals surface area contributed by atoms with Gasteiger partial charge in [0.1, 0.15) is 6.04 Å². The molecule has 2 atom stereocenters. The molecule has 0 aromatic heterocycles. The molecule has 1 aromatic carbocycles. The van der Waals surface area contributed by atoms with Crippen LogP contribution < -0.4 is 14.9 Å². The standard InChI is InChI=1S/C21H31N3O4S/c1-13(2)20(21(26)22-17-7-5-6-8-17)23-29(27,28)18-9-10-19-16(12-18)11-14(3)24(19)15(4)25/h9-10,12-14,17,20,23H,5-8,11H2,1-4H3,(H,22,26)/t14-,20+/m1/s1. The fourth-order valence-corrected chi connectivity index (χ4v) is 5.74. The van der Waals surface area contributed by atoms with Crippen molar-refractivity contribution < 1.29 is 18.0 Å². The van der Waals surface area contributed by atoms with Crippen molar-refractivity contribution in [2.75, 3.05) is 4.90 Å². The smallest absolute Gasteiger partial charge is 0.241 e. The lowest BCUT2D eigenvalue weighted by molar-refractivity contribution is -0.124. The third kappa shape index (κ3) is 4.64. The van der Waals surface area contributed by atoms with E-state index in [1.807, 2.05) is 20.8 Å². The number of sulfonamides is 1. The van der Waals surface area contributed by atoms with Crippen molar-refractivity contribution >= 4 is 27.5 Å². The molecule has 0 spiro atoms. The SMILES string of the molecule is CC(=O)N1c2ccc(S(=O)(=O)N[C@H](C(=O)NC3CCCC3)C(C)C)cc2C[C@H]1C. The fraction of sp³-hybridized carbons (Fsp3) is 0.619. The molecule has 0 unspecified atom stereocenters. The fourth-order valence-electron chi connectivity index (χ4n) is 4.34. The molecule has 0 bridgehead atoms. The molecule has 1 heterocycles. The number of nitrogens with zero attached hydrogens (tertiary/aromatic N) is 1. The van der Waals surface area contributed by atoms with Crippen LogP contribution in [0.25, 0.3) is 0 Å². The van der Waals surface area contributed by atoms with E-state index in [0.717, 1.165) is 36.9 Å². The largest absolute Gasteiger partial charge is 0.352 e. The maximum Gasteiger partial charge on any atom is 0.241 e. The van der Waals surface area contributed by atoms with Gasteiger partial charge in [-0.3, -0.25) is 9.59 Å². The minimum absolute atomic E-state index is 0.00554. The van der Waals surface area contributed by atoms with Crippen LogP contribution in [0.5, 0.6) is 0 Å². The van der Waals surface area contributed by atoms with E-state index in [9.17, 15) is 18.0 Å². The molecule has 2 aliphatic rings. The first-order valence-electron chi connectivity index (χ1n) is 10.4. The Morgan fingerprint density at radius 3 is 2.41 bits per heavy atom. The summed E-state index contributed by atoms with van der Waals surface area (Å²) in [6.45, 7) is 7.11. The van der Waals surface area contributed by atoms with E-state index in [1.165, 1.54) is 13.0 Å². The van der Waals surface area contributed by atoms with Gasteiger partial charge in [-0.2, -0.15) is 4.72 Å². The second-order valence-electron chi connectivity index (χ2n) is 8.57. The molecule has 1 fully saturated rings. The molecule has 2 amide bonds. The minimum Gasteiger partial charge on any atom is -0.352 e. The van der Waals surface area contributed by atoms with Gasteiger partial charge >= 0.3 is 0 Å². The lowest BCUT2D eigenvalue weighted by atomic mass is 10.0. The molecule has 8 heteroatoms. The Labute approximate surface area is 173 Å². The van der Waals surface area contributed by atoms with Gasteiger partial charge < -0.3 is 10.2 Å². The van der Waals surface area contributed by atoms with Gasteiger partial charge in [0.15, 0.2) is 0 Å². The van der Waals surface area contributed by atoms with E-state index in [2.05, 4.69) is 10.0 Å². The monoisotopic (exact) mass is 421 g/mol. The molecule has 1 aromatic rings. The zero-order valence-corrected chi connectivity index (χ0v) is 18.4. The molecule has 2 N–H and O–H groups in total. The van der Waals surface area contributed by atoms with Crippen molar-refractivity contribution in [1.29, 1.82) is 0 Å². The number of nitrogens with one attached hydrogen (secondary N) is 2. The molecule has 0 saturated heterocycles. The van der Waals surface area contributed by atoms with Crippen LogP contribution in [-0.4, -0.2) is 38.4 Å². The van der Waals surface area contributed by atoms with Crippen molar-refractivity contribution in [3.05, 3.63) is 23.8 Å². The summed E-state index contributed by atoms with van der Waals surface area (Å²) in [6.07, 6.45) is 4.67. The third-order valence-corrected chi connectivity index (χ3v) is 7.29. The Hall–Kier alpha value is -1.93. The highest BCUT2D eigenvalue weighted by atomic mass is 32.2. The Kier molecular flexibility index (Phi) is 6.33. The van der Waals surface area contributed by atoms with E-state index in [-0.39, 0.29) is 34.7 Å². The zero-order chi connectivity index (χ0) is 21.3. The molecule has 29 heavy (non-hydrogen) atoms. The minimum atomic E-state index is -3.87. The first kappa shape index (κ1) is 21.8. The normalized spacial score (nSPS) is 20.7. The Bertz CT molecular complexity index is 891. The van der Waals surface area contributed by atoms with Gasteiger partial charge in [0.25, 0.3) is 0 Å². The van der Waals surface area contributed by atoms with Crippen LogP contribution in [0.1, 0.15) is 58.9 Å². The van der Waals surface area contributed by atoms with Crippen molar-refractivity contribution in [1.82, 2.24) is 10.0 Å². The van der Waals surface area contributed by atoms with Crippen molar-refractivity contribution in [2.45, 2.75) is 82.8 Å². The van der Waals surface area contributed by atoms with E-state index in [1.54, 1.807) is 17.0 Å². The number of hydrogen-bond donors (Lipinski definition) is 2. The van der Waals surface area contributed by atoms with Gasteiger partial charge in [0.2, 0.25) is 21.8 Å². The molecule has 0 radical (unpaired) electrons. The van der Waals surface area contributed by atoms with Crippen LogP contribution in [0.2, 0.25) is 0 Å². The number of fused-ring (bicyclic) bond motifs is 1. The average molecular weight is 422 g/mol. The molecule has 1 aliphatic heterocycles. The zero-order valence-electron chi connectivity index (χ0n) is 17.6. The lowest BCUT2D eigenvalue weighted by Crippen LogP contribution is -2.51. The number of amides is 2. The summed E-state index contributed by atoms with van der Waals surface area (Å²) < 4.78 is 28.6. The Balaban J connectivity index is 1.80. The van der Waals surface area contributed by atoms with Gasteiger partial charge in [-0.05, 0) is 55.9 Å². The number of hydrogen-bond acceptors (Lipinski definition) is 4. The summed E-state index contributed by atoms with van der Waals surface area (Å²) in [7, 11) is -3.87. The molecule has 1 saturated carbocycles. The van der Waals surface area contributed by atoms with Crippen molar-refractivity contribution in [3.8, 4) is 0 Å². The van der Waals surface area contributed by atoms with Crippen LogP contribution in [0, 0.1) is 5.92 Å². The average Bonchev–Trinajstić information content (AvgIpc) is 3.24. The quantitative estimate of drug-likeness (QED) is 0.737. The van der Waals surface area contributed by atoms with E-state index in [4.69, 9.17) is 0 Å². The highest BCUT2D eigenvalue weighted by Crippen LogP contribution is 2.34. The Morgan fingerprint density at radius 2 is 1.83 bits per heavy atom. The molecular weight excluding hydrogens is 390 g/mol. The maximum absolute atomic E-state index is 13.0. The highest BCUT2D eigenvalue weighted by Gasteiger charge is 2.33. The summed E-state index contributed by atoms with van der Waals surface area (Å²) in [5.74, 6) is -0.518. The third-order valence-electron chi connectivity index (χ3n) is 5.85. The molecule has 7 nitrogen and oxygen atoms in total. The molecule has 3 rings (SSSR count). The van der Waals surface area contributed by atoms with E-state index >= 15 is 0 Å². The molecule has 160 valence electrons. The number of carbonyl (C=O) groups is 2. The summed E-state index contributed by atoms with van der Waals surface area (Å²) in [5.41, 5.74) is 1.58. The summed E-state index contributed by atoms with van der Waals surface area (Å²) in [4.78, 5) is 26.4. The van der Waals surface area contributed by atoms with Crippen LogP contribution in [0.4, 0.5) is 5.69 Å². The highest BCUT2D eigenvalue weighted by molar-refractivity contribution is 7.89. The predicted molar refractivity (Wildman–Crippen MR) is 112 cm³/mol. The second-order valence-corrected chi connectivity index (χ2v) is 10.3. The first-order valence-corrected chi connectivity index (χ1v) is 11.8. The van der Waals surface area contributed by atoms with E-state index in [0.29, 0.717) is 6.42 Å². The Morgan fingerprint density at radius 1 is 1.17 bits per heavy atom. The first-order chi connectivity index (χ1) is 13.6. The van der Waals surface area contributed by atoms with Gasteiger partial charge in [0, 0.05) is 24.7 Å². The van der Waals surface area contributed by atoms with Crippen molar-refractivity contribution in [2.24, 2.45) is 5.92 Å². The number of rotatable bonds is 6. The second kappa shape index (κ2) is 8.44. The van der Waals surface area contributed by atoms with Crippen LogP contribution >= 0.6 is 0 Å². The number of benzene rings is 1. The van der Waals surface area contributed by atoms with Crippen molar-refractivity contribution in [3.63, 3.8) is 0 Å². The van der Waals surface area contributed by atoms with Crippen LogP contribution in [0.15, 0.2) is 23.1 Å². The topological polar surface area (TPSA) is 95.6 Å². The number of carbonyl (C=O) groups excluding carboxylic acids is 2. The van der Waals surface area contributed by atoms with Gasteiger partial charge in [-0.15, -0.1) is 0 Å². The summed E-state index contributed by atoms with van der Waals surface area (Å²) >= 11 is 0. The maximum atomic E-state index is 13.0. The van der Waals surface area contributed by atoms with Gasteiger partial charge in [0.05, 0.1) is 4.90 Å². The summed E-state index contributed by atoms with van der Waals surface area (Å²) in [6, 6.07) is 4.09. The lowest BCUT2D eigenvalue weighted by Gasteiger charge is -2.24. The van der Waals surface area contributed by atoms with E-state index < -0.39 is 16.1 Å². The van der Waals surface area contributed by atoms with Gasteiger partial charge in [-0.1, -0.05) is 26.7 Å². The van der Waals surface area contributed by atoms with Gasteiger partial charge in [-0.25, -0.2) is 8.42 Å². The summed E-state index contributed by atoms with van der Waals surface area (Å²) in [5, 5.41) is 2.99. The van der Waals surface area contributed by atoms with Crippen LogP contribution in [-0.2, 0) is 26.0 Å². The number of anilines is 1. The molecular formula is C21H31N3O4S. The molecule has 1 aliphatic carbocycles. The van der Waals surface area contributed by atoms with Crippen LogP contribution in [0.3, 0.4) is 0 Å².